The van der Waals surface area contributed by atoms with Crippen LogP contribution < -0.4 is 4.74 Å². The Labute approximate surface area is 120 Å². The second-order valence-electron chi connectivity index (χ2n) is 4.80. The fourth-order valence-corrected chi connectivity index (χ4v) is 2.77. The molecule has 106 valence electrons. The molecule has 0 spiro atoms. The molecule has 1 aromatic heterocycles. The van der Waals surface area contributed by atoms with Crippen LogP contribution in [0.25, 0.3) is 5.69 Å². The fourth-order valence-electron chi connectivity index (χ4n) is 2.77. The minimum Gasteiger partial charge on any atom is -0.494 e. The Morgan fingerprint density at radius 3 is 2.20 bits per heavy atom. The number of carbonyl (C=O) groups excluding carboxylic acids is 1. The summed E-state index contributed by atoms with van der Waals surface area (Å²) in [6.07, 6.45) is 1.83. The van der Waals surface area contributed by atoms with Crippen molar-refractivity contribution in [1.82, 2.24) is 4.57 Å². The van der Waals surface area contributed by atoms with E-state index < -0.39 is 0 Å². The first-order valence-corrected chi connectivity index (χ1v) is 7.03. The van der Waals surface area contributed by atoms with Gasteiger partial charge in [0.25, 0.3) is 0 Å². The third-order valence-corrected chi connectivity index (χ3v) is 3.70. The molecule has 0 radical (unpaired) electrons. The van der Waals surface area contributed by atoms with E-state index in [9.17, 15) is 4.79 Å². The van der Waals surface area contributed by atoms with Crippen molar-refractivity contribution < 1.29 is 9.53 Å². The van der Waals surface area contributed by atoms with Gasteiger partial charge in [0.2, 0.25) is 0 Å². The van der Waals surface area contributed by atoms with E-state index in [2.05, 4.69) is 18.4 Å². The van der Waals surface area contributed by atoms with Crippen molar-refractivity contribution in [2.45, 2.75) is 34.1 Å². The lowest BCUT2D eigenvalue weighted by Crippen LogP contribution is -2.00. The number of carbonyl (C=O) groups is 1. The zero-order valence-corrected chi connectivity index (χ0v) is 12.6. The van der Waals surface area contributed by atoms with E-state index >= 15 is 0 Å². The third kappa shape index (κ3) is 2.36. The largest absolute Gasteiger partial charge is 0.494 e. The predicted molar refractivity (Wildman–Crippen MR) is 81.2 cm³/mol. The summed E-state index contributed by atoms with van der Waals surface area (Å²) in [6.45, 7) is 8.77. The highest BCUT2D eigenvalue weighted by Crippen LogP contribution is 2.26. The molecule has 1 aromatic carbocycles. The maximum atomic E-state index is 11.3. The van der Waals surface area contributed by atoms with Gasteiger partial charge in [-0.2, -0.15) is 0 Å². The number of hydrogen-bond donors (Lipinski definition) is 0. The topological polar surface area (TPSA) is 31.2 Å². The molecule has 0 atom stereocenters. The molecule has 2 rings (SSSR count). The minimum absolute atomic E-state index is 0.663. The first-order chi connectivity index (χ1) is 9.63. The van der Waals surface area contributed by atoms with Crippen LogP contribution in [0.15, 0.2) is 24.3 Å². The fraction of sp³-hybridized carbons (Fsp3) is 0.353. The second-order valence-corrected chi connectivity index (χ2v) is 4.80. The number of hydrogen-bond acceptors (Lipinski definition) is 2. The Morgan fingerprint density at radius 1 is 1.10 bits per heavy atom. The van der Waals surface area contributed by atoms with Crippen molar-refractivity contribution in [1.29, 1.82) is 0 Å². The average Bonchev–Trinajstić information content (AvgIpc) is 2.70. The first-order valence-electron chi connectivity index (χ1n) is 7.03. The Morgan fingerprint density at radius 2 is 1.75 bits per heavy atom. The number of nitrogens with zero attached hydrogens (tertiary/aromatic N) is 1. The van der Waals surface area contributed by atoms with E-state index in [0.29, 0.717) is 6.61 Å². The normalized spacial score (nSPS) is 10.6. The average molecular weight is 271 g/mol. The zero-order valence-electron chi connectivity index (χ0n) is 12.6. The van der Waals surface area contributed by atoms with E-state index in [1.165, 1.54) is 0 Å². The molecular formula is C17H21NO2. The number of aldehydes is 1. The first kappa shape index (κ1) is 14.4. The van der Waals surface area contributed by atoms with Gasteiger partial charge in [0, 0.05) is 22.6 Å². The van der Waals surface area contributed by atoms with Gasteiger partial charge in [-0.05, 0) is 57.0 Å². The lowest BCUT2D eigenvalue weighted by Gasteiger charge is -2.11. The Kier molecular flexibility index (Phi) is 4.28. The van der Waals surface area contributed by atoms with E-state index in [4.69, 9.17) is 4.74 Å². The van der Waals surface area contributed by atoms with Gasteiger partial charge in [-0.15, -0.1) is 0 Å². The van der Waals surface area contributed by atoms with Gasteiger partial charge < -0.3 is 9.30 Å². The number of rotatable bonds is 5. The Bertz CT molecular complexity index is 609. The molecule has 0 aliphatic heterocycles. The van der Waals surface area contributed by atoms with Crippen molar-refractivity contribution >= 4 is 6.29 Å². The van der Waals surface area contributed by atoms with Crippen molar-refractivity contribution in [3.05, 3.63) is 46.8 Å². The van der Waals surface area contributed by atoms with Crippen LogP contribution in [0.5, 0.6) is 5.75 Å². The van der Waals surface area contributed by atoms with Crippen LogP contribution in [0.2, 0.25) is 0 Å². The van der Waals surface area contributed by atoms with Gasteiger partial charge >= 0.3 is 0 Å². The quantitative estimate of drug-likeness (QED) is 0.773. The summed E-state index contributed by atoms with van der Waals surface area (Å²) >= 11 is 0. The van der Waals surface area contributed by atoms with Gasteiger partial charge in [-0.25, -0.2) is 0 Å². The monoisotopic (exact) mass is 271 g/mol. The van der Waals surface area contributed by atoms with Crippen LogP contribution in [0, 0.1) is 13.8 Å². The number of ether oxygens (including phenoxy) is 1. The van der Waals surface area contributed by atoms with Gasteiger partial charge in [-0.3, -0.25) is 4.79 Å². The van der Waals surface area contributed by atoms with E-state index in [0.717, 1.165) is 46.7 Å². The summed E-state index contributed by atoms with van der Waals surface area (Å²) in [4.78, 5) is 11.3. The molecule has 3 nitrogen and oxygen atoms in total. The molecule has 2 aromatic rings. The van der Waals surface area contributed by atoms with Crippen LogP contribution in [-0.2, 0) is 6.42 Å². The summed E-state index contributed by atoms with van der Waals surface area (Å²) in [7, 11) is 0. The molecular weight excluding hydrogens is 250 g/mol. The molecule has 3 heteroatoms. The lowest BCUT2D eigenvalue weighted by molar-refractivity contribution is 0.112. The molecule has 0 amide bonds. The van der Waals surface area contributed by atoms with Crippen LogP contribution in [-0.4, -0.2) is 17.5 Å². The Hall–Kier alpha value is -2.03. The highest BCUT2D eigenvalue weighted by molar-refractivity contribution is 5.80. The van der Waals surface area contributed by atoms with Crippen molar-refractivity contribution in [3.63, 3.8) is 0 Å². The minimum atomic E-state index is 0.663. The molecule has 0 saturated carbocycles. The van der Waals surface area contributed by atoms with Gasteiger partial charge in [0.1, 0.15) is 5.75 Å². The van der Waals surface area contributed by atoms with Crippen LogP contribution >= 0.6 is 0 Å². The highest BCUT2D eigenvalue weighted by Gasteiger charge is 2.16. The van der Waals surface area contributed by atoms with Crippen LogP contribution in [0.1, 0.15) is 41.2 Å². The van der Waals surface area contributed by atoms with Crippen molar-refractivity contribution in [3.8, 4) is 11.4 Å². The smallest absolute Gasteiger partial charge is 0.152 e. The van der Waals surface area contributed by atoms with Crippen molar-refractivity contribution in [2.24, 2.45) is 0 Å². The SMILES string of the molecule is CCOc1ccc(-n2c(C)c(C=O)c(CC)c2C)cc1. The molecule has 0 unspecified atom stereocenters. The molecule has 0 aliphatic carbocycles. The molecule has 0 bridgehead atoms. The third-order valence-electron chi connectivity index (χ3n) is 3.70. The Balaban J connectivity index is 2.52. The number of aromatic nitrogens is 1. The molecule has 0 fully saturated rings. The molecule has 0 aliphatic rings. The number of benzene rings is 1. The van der Waals surface area contributed by atoms with Gasteiger partial charge in [0.05, 0.1) is 6.61 Å². The molecule has 1 heterocycles. The molecule has 0 saturated heterocycles. The van der Waals surface area contributed by atoms with E-state index in [-0.39, 0.29) is 0 Å². The van der Waals surface area contributed by atoms with E-state index in [1.807, 2.05) is 38.1 Å². The lowest BCUT2D eigenvalue weighted by atomic mass is 10.1. The summed E-state index contributed by atoms with van der Waals surface area (Å²) in [5, 5.41) is 0. The predicted octanol–water partition coefficient (Wildman–Crippen LogP) is 3.87. The summed E-state index contributed by atoms with van der Waals surface area (Å²) in [5.74, 6) is 0.866. The van der Waals surface area contributed by atoms with Gasteiger partial charge in [0.15, 0.2) is 6.29 Å². The zero-order chi connectivity index (χ0) is 14.7. The van der Waals surface area contributed by atoms with E-state index in [1.54, 1.807) is 0 Å². The van der Waals surface area contributed by atoms with Crippen LogP contribution in [0.4, 0.5) is 0 Å². The highest BCUT2D eigenvalue weighted by atomic mass is 16.5. The second kappa shape index (κ2) is 5.95. The van der Waals surface area contributed by atoms with Crippen LogP contribution in [0.3, 0.4) is 0 Å². The van der Waals surface area contributed by atoms with Crippen molar-refractivity contribution in [2.75, 3.05) is 6.61 Å². The molecule has 0 N–H and O–H groups in total. The summed E-state index contributed by atoms with van der Waals surface area (Å²) in [6, 6.07) is 7.98. The standard InChI is InChI=1S/C17H21NO2/c1-5-16-12(3)18(13(4)17(16)11-19)14-7-9-15(10-8-14)20-6-2/h7-11H,5-6H2,1-4H3. The maximum absolute atomic E-state index is 11.3. The summed E-state index contributed by atoms with van der Waals surface area (Å²) in [5.41, 5.74) is 5.14. The maximum Gasteiger partial charge on any atom is 0.152 e. The van der Waals surface area contributed by atoms with Gasteiger partial charge in [-0.1, -0.05) is 6.92 Å². The summed E-state index contributed by atoms with van der Waals surface area (Å²) < 4.78 is 7.60. The molecule has 20 heavy (non-hydrogen) atoms.